The third-order valence-corrected chi connectivity index (χ3v) is 2.65. The van der Waals surface area contributed by atoms with Crippen molar-refractivity contribution < 1.29 is 13.9 Å². The van der Waals surface area contributed by atoms with Gasteiger partial charge in [0.15, 0.2) is 0 Å². The Hall–Kier alpha value is -1.33. The highest BCUT2D eigenvalue weighted by Gasteiger charge is 2.13. The lowest BCUT2D eigenvalue weighted by atomic mass is 10.1. The molecule has 3 N–H and O–H groups in total. The van der Waals surface area contributed by atoms with Gasteiger partial charge in [-0.2, -0.15) is 0 Å². The summed E-state index contributed by atoms with van der Waals surface area (Å²) in [6, 6.07) is 5.30. The van der Waals surface area contributed by atoms with Gasteiger partial charge in [-0.05, 0) is 37.6 Å². The van der Waals surface area contributed by atoms with Crippen LogP contribution in [0, 0.1) is 5.82 Å². The van der Waals surface area contributed by atoms with Crippen LogP contribution in [0.3, 0.4) is 0 Å². The van der Waals surface area contributed by atoms with Gasteiger partial charge in [0, 0.05) is 0 Å². The summed E-state index contributed by atoms with van der Waals surface area (Å²) >= 11 is 0. The maximum atomic E-state index is 12.7. The normalized spacial score (nSPS) is 13.0. The van der Waals surface area contributed by atoms with E-state index in [1.165, 1.54) is 12.1 Å². The summed E-state index contributed by atoms with van der Waals surface area (Å²) in [7, 11) is 0. The van der Waals surface area contributed by atoms with Crippen LogP contribution in [0.15, 0.2) is 24.3 Å². The maximum absolute atomic E-state index is 12.7. The fraction of sp³-hybridized carbons (Fsp3) is 0.500. The van der Waals surface area contributed by atoms with E-state index in [2.05, 4.69) is 5.32 Å². The van der Waals surface area contributed by atoms with Crippen molar-refractivity contribution in [2.75, 3.05) is 6.54 Å². The van der Waals surface area contributed by atoms with Crippen LogP contribution in [0.4, 0.5) is 4.39 Å². The second-order valence-electron chi connectivity index (χ2n) is 4.52. The zero-order chi connectivity index (χ0) is 14.3. The van der Waals surface area contributed by atoms with Gasteiger partial charge >= 0.3 is 0 Å². The summed E-state index contributed by atoms with van der Waals surface area (Å²) in [4.78, 5) is 11.6. The molecule has 0 saturated carbocycles. The molecule has 0 aliphatic heterocycles. The van der Waals surface area contributed by atoms with Gasteiger partial charge in [-0.25, -0.2) is 4.39 Å². The lowest BCUT2D eigenvalue weighted by Crippen LogP contribution is -2.43. The molecule has 1 amide bonds. The number of carbonyl (C=O) groups is 1. The van der Waals surface area contributed by atoms with E-state index in [-0.39, 0.29) is 30.2 Å². The Morgan fingerprint density at radius 2 is 2.00 bits per heavy atom. The molecule has 114 valence electrons. The van der Waals surface area contributed by atoms with Crippen molar-refractivity contribution in [2.24, 2.45) is 5.73 Å². The highest BCUT2D eigenvalue weighted by molar-refractivity contribution is 5.85. The Morgan fingerprint density at radius 3 is 2.55 bits per heavy atom. The molecule has 1 aromatic carbocycles. The number of rotatable bonds is 7. The monoisotopic (exact) mass is 304 g/mol. The third-order valence-electron chi connectivity index (χ3n) is 2.65. The van der Waals surface area contributed by atoms with E-state index in [0.717, 1.165) is 6.42 Å². The van der Waals surface area contributed by atoms with Crippen LogP contribution in [0.5, 0.6) is 5.75 Å². The van der Waals surface area contributed by atoms with Crippen LogP contribution in [0.25, 0.3) is 0 Å². The number of hydrogen-bond donors (Lipinski definition) is 2. The van der Waals surface area contributed by atoms with Gasteiger partial charge in [-0.15, -0.1) is 12.4 Å². The van der Waals surface area contributed by atoms with Gasteiger partial charge in [0.1, 0.15) is 17.7 Å². The minimum atomic E-state index is -0.469. The molecule has 0 aromatic heterocycles. The third kappa shape index (κ3) is 6.73. The van der Waals surface area contributed by atoms with Crippen LogP contribution < -0.4 is 15.8 Å². The van der Waals surface area contributed by atoms with Gasteiger partial charge in [0.2, 0.25) is 5.91 Å². The first-order valence-electron chi connectivity index (χ1n) is 6.48. The summed E-state index contributed by atoms with van der Waals surface area (Å²) in [5.74, 6) is 0.0938. The molecule has 2 atom stereocenters. The predicted octanol–water partition coefficient (Wildman–Crippen LogP) is 2.26. The van der Waals surface area contributed by atoms with Gasteiger partial charge in [-0.3, -0.25) is 4.79 Å². The Labute approximate surface area is 125 Å². The number of nitrogens with one attached hydrogen (secondary N) is 1. The number of benzene rings is 1. The number of nitrogens with two attached hydrogens (primary N) is 1. The van der Waals surface area contributed by atoms with Crippen LogP contribution in [-0.2, 0) is 4.79 Å². The van der Waals surface area contributed by atoms with Gasteiger partial charge < -0.3 is 15.8 Å². The molecular weight excluding hydrogens is 283 g/mol. The predicted molar refractivity (Wildman–Crippen MR) is 79.6 cm³/mol. The van der Waals surface area contributed by atoms with Crippen molar-refractivity contribution in [1.82, 2.24) is 5.32 Å². The van der Waals surface area contributed by atoms with E-state index in [1.54, 1.807) is 12.1 Å². The molecule has 0 fully saturated rings. The molecule has 0 bridgehead atoms. The van der Waals surface area contributed by atoms with E-state index in [0.29, 0.717) is 18.7 Å². The second kappa shape index (κ2) is 9.55. The lowest BCUT2D eigenvalue weighted by molar-refractivity contribution is -0.122. The minimum absolute atomic E-state index is 0. The molecule has 0 heterocycles. The summed E-state index contributed by atoms with van der Waals surface area (Å²) in [6.07, 6.45) is 1.33. The average Bonchev–Trinajstić information content (AvgIpc) is 2.39. The van der Waals surface area contributed by atoms with E-state index < -0.39 is 6.04 Å². The van der Waals surface area contributed by atoms with E-state index in [4.69, 9.17) is 10.5 Å². The van der Waals surface area contributed by atoms with Crippen molar-refractivity contribution in [3.8, 4) is 5.75 Å². The van der Waals surface area contributed by atoms with Gasteiger partial charge in [0.05, 0.1) is 12.6 Å². The summed E-state index contributed by atoms with van der Waals surface area (Å²) in [6.45, 7) is 4.18. The molecule has 0 aliphatic rings. The average molecular weight is 305 g/mol. The number of hydrogen-bond acceptors (Lipinski definition) is 3. The Balaban J connectivity index is 0.00000361. The Morgan fingerprint density at radius 1 is 1.40 bits per heavy atom. The SMILES string of the molecule is CCCC(N)C(=O)NCC(C)Oc1ccc(F)cc1.Cl. The lowest BCUT2D eigenvalue weighted by Gasteiger charge is -2.17. The zero-order valence-electron chi connectivity index (χ0n) is 11.8. The zero-order valence-corrected chi connectivity index (χ0v) is 12.6. The second-order valence-corrected chi connectivity index (χ2v) is 4.52. The van der Waals surface area contributed by atoms with Crippen molar-refractivity contribution in [2.45, 2.75) is 38.8 Å². The standard InChI is InChI=1S/C14H21FN2O2.ClH/c1-3-4-13(16)14(18)17-9-10(2)19-12-7-5-11(15)6-8-12;/h5-8,10,13H,3-4,9,16H2,1-2H3,(H,17,18);1H. The van der Waals surface area contributed by atoms with Crippen molar-refractivity contribution in [3.05, 3.63) is 30.1 Å². The topological polar surface area (TPSA) is 64.4 Å². The van der Waals surface area contributed by atoms with Crippen LogP contribution in [0.1, 0.15) is 26.7 Å². The van der Waals surface area contributed by atoms with Gasteiger partial charge in [0.25, 0.3) is 0 Å². The van der Waals surface area contributed by atoms with Crippen molar-refractivity contribution in [1.29, 1.82) is 0 Å². The Bertz CT molecular complexity index is 401. The van der Waals surface area contributed by atoms with Crippen LogP contribution in [-0.4, -0.2) is 24.6 Å². The first-order chi connectivity index (χ1) is 9.02. The molecule has 0 radical (unpaired) electrons. The number of carbonyl (C=O) groups excluding carboxylic acids is 1. The molecule has 1 aromatic rings. The van der Waals surface area contributed by atoms with Crippen LogP contribution in [0.2, 0.25) is 0 Å². The summed E-state index contributed by atoms with van der Waals surface area (Å²) in [5.41, 5.74) is 5.69. The highest BCUT2D eigenvalue weighted by atomic mass is 35.5. The van der Waals surface area contributed by atoms with E-state index in [1.807, 2.05) is 13.8 Å². The first kappa shape index (κ1) is 18.7. The largest absolute Gasteiger partial charge is 0.489 e. The van der Waals surface area contributed by atoms with E-state index in [9.17, 15) is 9.18 Å². The quantitative estimate of drug-likeness (QED) is 0.812. The van der Waals surface area contributed by atoms with Gasteiger partial charge in [-0.1, -0.05) is 13.3 Å². The first-order valence-corrected chi connectivity index (χ1v) is 6.48. The molecule has 20 heavy (non-hydrogen) atoms. The van der Waals surface area contributed by atoms with Crippen LogP contribution >= 0.6 is 12.4 Å². The number of amides is 1. The fourth-order valence-electron chi connectivity index (χ4n) is 1.60. The molecule has 1 rings (SSSR count). The van der Waals surface area contributed by atoms with Crippen molar-refractivity contribution in [3.63, 3.8) is 0 Å². The molecular formula is C14H22ClFN2O2. The number of halogens is 2. The fourth-order valence-corrected chi connectivity index (χ4v) is 1.60. The van der Waals surface area contributed by atoms with E-state index >= 15 is 0 Å². The highest BCUT2D eigenvalue weighted by Crippen LogP contribution is 2.12. The molecule has 4 nitrogen and oxygen atoms in total. The molecule has 0 spiro atoms. The number of ether oxygens (including phenoxy) is 1. The minimum Gasteiger partial charge on any atom is -0.489 e. The van der Waals surface area contributed by atoms with Crippen molar-refractivity contribution >= 4 is 18.3 Å². The smallest absolute Gasteiger partial charge is 0.237 e. The summed E-state index contributed by atoms with van der Waals surface area (Å²) < 4.78 is 18.3. The molecule has 6 heteroatoms. The Kier molecular flexibility index (Phi) is 8.92. The maximum Gasteiger partial charge on any atom is 0.237 e. The summed E-state index contributed by atoms with van der Waals surface area (Å²) in [5, 5.41) is 2.74. The molecule has 0 saturated heterocycles. The molecule has 0 aliphatic carbocycles. The molecule has 2 unspecified atom stereocenters.